The van der Waals surface area contributed by atoms with E-state index in [2.05, 4.69) is 9.97 Å². The van der Waals surface area contributed by atoms with Crippen LogP contribution in [0.1, 0.15) is 36.3 Å². The lowest BCUT2D eigenvalue weighted by molar-refractivity contribution is -0.171. The highest BCUT2D eigenvalue weighted by molar-refractivity contribution is 5.37. The lowest BCUT2D eigenvalue weighted by Gasteiger charge is -2.36. The molecule has 2 spiro atoms. The van der Waals surface area contributed by atoms with E-state index in [0.29, 0.717) is 25.5 Å². The largest absolute Gasteiger partial charge is 0.347 e. The number of nitrogens with zero attached hydrogens (tertiary/aromatic N) is 1. The highest BCUT2D eigenvalue weighted by Gasteiger charge is 2.58. The van der Waals surface area contributed by atoms with Crippen molar-refractivity contribution in [1.82, 2.24) is 9.97 Å². The molecule has 5 heteroatoms. The van der Waals surface area contributed by atoms with Gasteiger partial charge in [-0.15, -0.1) is 0 Å². The minimum absolute atomic E-state index is 0.0260. The lowest BCUT2D eigenvalue weighted by Crippen LogP contribution is -2.45. The zero-order chi connectivity index (χ0) is 12.4. The van der Waals surface area contributed by atoms with Gasteiger partial charge in [-0.25, -0.2) is 4.98 Å². The monoisotopic (exact) mass is 248 g/mol. The number of aryl methyl sites for hydroxylation is 1. The van der Waals surface area contributed by atoms with E-state index in [1.165, 1.54) is 0 Å². The lowest BCUT2D eigenvalue weighted by atomic mass is 9.80. The van der Waals surface area contributed by atoms with Crippen molar-refractivity contribution in [3.63, 3.8) is 0 Å². The van der Waals surface area contributed by atoms with E-state index in [9.17, 15) is 4.79 Å². The molecule has 2 aliphatic carbocycles. The molecule has 0 atom stereocenters. The van der Waals surface area contributed by atoms with Gasteiger partial charge in [-0.3, -0.25) is 4.79 Å². The highest BCUT2D eigenvalue weighted by Crippen LogP contribution is 2.57. The zero-order valence-corrected chi connectivity index (χ0v) is 10.4. The van der Waals surface area contributed by atoms with E-state index in [0.717, 1.165) is 30.5 Å². The smallest absolute Gasteiger partial charge is 0.254 e. The third kappa shape index (κ3) is 1.34. The van der Waals surface area contributed by atoms with Crippen LogP contribution in [0.4, 0.5) is 0 Å². The number of hydrogen-bond acceptors (Lipinski definition) is 4. The van der Waals surface area contributed by atoms with Gasteiger partial charge >= 0.3 is 0 Å². The molecule has 1 aromatic rings. The summed E-state index contributed by atoms with van der Waals surface area (Å²) in [6.45, 7) is 3.09. The molecule has 4 rings (SSSR count). The Morgan fingerprint density at radius 3 is 2.67 bits per heavy atom. The number of fused-ring (bicyclic) bond motifs is 2. The minimum Gasteiger partial charge on any atom is -0.347 e. The topological polar surface area (TPSA) is 64.2 Å². The van der Waals surface area contributed by atoms with Crippen molar-refractivity contribution in [3.05, 3.63) is 27.4 Å². The van der Waals surface area contributed by atoms with Crippen LogP contribution in [0.3, 0.4) is 0 Å². The average molecular weight is 248 g/mol. The molecular formula is C13H16N2O3. The van der Waals surface area contributed by atoms with Crippen molar-refractivity contribution in [2.45, 2.75) is 43.8 Å². The quantitative estimate of drug-likeness (QED) is 0.737. The Balaban J connectivity index is 1.89. The van der Waals surface area contributed by atoms with Gasteiger partial charge in [0.1, 0.15) is 5.82 Å². The number of aromatic nitrogens is 2. The number of hydrogen-bond donors (Lipinski definition) is 1. The molecule has 1 saturated carbocycles. The van der Waals surface area contributed by atoms with Crippen molar-refractivity contribution in [3.8, 4) is 0 Å². The Hall–Kier alpha value is -1.20. The predicted octanol–water partition coefficient (Wildman–Crippen LogP) is 0.799. The van der Waals surface area contributed by atoms with Crippen LogP contribution in [0.25, 0.3) is 0 Å². The molecule has 0 bridgehead atoms. The van der Waals surface area contributed by atoms with Crippen molar-refractivity contribution in [1.29, 1.82) is 0 Å². The van der Waals surface area contributed by atoms with Gasteiger partial charge in [-0.2, -0.15) is 0 Å². The molecule has 1 aliphatic heterocycles. The average Bonchev–Trinajstić information content (AvgIpc) is 2.93. The summed E-state index contributed by atoms with van der Waals surface area (Å²) in [5.41, 5.74) is 1.78. The molecule has 0 amide bonds. The molecule has 96 valence electrons. The maximum absolute atomic E-state index is 12.1. The molecule has 1 N–H and O–H groups in total. The maximum atomic E-state index is 12.1. The standard InChI is InChI=1S/C13H16N2O3/c1-8-14-10-9(11(16)15-8)6-13(17-4-5-18-13)7-12(10)2-3-12/h2-7H2,1H3,(H,14,15,16). The second-order valence-corrected chi connectivity index (χ2v) is 5.72. The van der Waals surface area contributed by atoms with Crippen LogP contribution in [-0.2, 0) is 21.3 Å². The number of nitrogens with one attached hydrogen (secondary N) is 1. The van der Waals surface area contributed by atoms with Gasteiger partial charge < -0.3 is 14.5 Å². The van der Waals surface area contributed by atoms with Gasteiger partial charge in [0, 0.05) is 23.8 Å². The van der Waals surface area contributed by atoms with E-state index in [1.54, 1.807) is 0 Å². The number of aromatic amines is 1. The highest BCUT2D eigenvalue weighted by atomic mass is 16.7. The molecule has 5 nitrogen and oxygen atoms in total. The van der Waals surface area contributed by atoms with Gasteiger partial charge in [-0.1, -0.05) is 0 Å². The van der Waals surface area contributed by atoms with Crippen LogP contribution in [-0.4, -0.2) is 29.0 Å². The van der Waals surface area contributed by atoms with Crippen LogP contribution >= 0.6 is 0 Å². The van der Waals surface area contributed by atoms with E-state index < -0.39 is 5.79 Å². The predicted molar refractivity (Wildman–Crippen MR) is 63.5 cm³/mol. The molecule has 2 heterocycles. The normalized spacial score (nSPS) is 26.5. The van der Waals surface area contributed by atoms with Gasteiger partial charge in [0.15, 0.2) is 5.79 Å². The summed E-state index contributed by atoms with van der Waals surface area (Å²) in [5, 5.41) is 0. The molecule has 0 unspecified atom stereocenters. The van der Waals surface area contributed by atoms with Crippen LogP contribution in [0.15, 0.2) is 4.79 Å². The Morgan fingerprint density at radius 2 is 2.00 bits per heavy atom. The SMILES string of the molecule is Cc1nc2c(c(=O)[nH]1)CC1(CC23CC3)OCCO1. The van der Waals surface area contributed by atoms with E-state index in [-0.39, 0.29) is 11.0 Å². The van der Waals surface area contributed by atoms with E-state index >= 15 is 0 Å². The van der Waals surface area contributed by atoms with Gasteiger partial charge in [-0.05, 0) is 19.8 Å². The molecule has 2 fully saturated rings. The summed E-state index contributed by atoms with van der Waals surface area (Å²) in [7, 11) is 0. The maximum Gasteiger partial charge on any atom is 0.254 e. The number of rotatable bonds is 0. The third-order valence-electron chi connectivity index (χ3n) is 4.36. The molecule has 0 radical (unpaired) electrons. The fourth-order valence-electron chi connectivity index (χ4n) is 3.41. The Labute approximate surface area is 105 Å². The van der Waals surface area contributed by atoms with Gasteiger partial charge in [0.05, 0.1) is 18.9 Å². The Kier molecular flexibility index (Phi) is 1.91. The summed E-state index contributed by atoms with van der Waals surface area (Å²) >= 11 is 0. The van der Waals surface area contributed by atoms with E-state index in [4.69, 9.17) is 9.47 Å². The molecule has 0 aromatic carbocycles. The number of H-pyrrole nitrogens is 1. The first-order valence-corrected chi connectivity index (χ1v) is 6.51. The summed E-state index contributed by atoms with van der Waals surface area (Å²) in [5.74, 6) is 0.141. The molecule has 18 heavy (non-hydrogen) atoms. The fraction of sp³-hybridized carbons (Fsp3) is 0.692. The Morgan fingerprint density at radius 1 is 1.28 bits per heavy atom. The molecule has 3 aliphatic rings. The van der Waals surface area contributed by atoms with Crippen molar-refractivity contribution in [2.24, 2.45) is 0 Å². The second-order valence-electron chi connectivity index (χ2n) is 5.72. The number of ether oxygens (including phenoxy) is 2. The first kappa shape index (κ1) is 10.7. The zero-order valence-electron chi connectivity index (χ0n) is 10.4. The van der Waals surface area contributed by atoms with Crippen molar-refractivity contribution >= 4 is 0 Å². The van der Waals surface area contributed by atoms with Crippen molar-refractivity contribution in [2.75, 3.05) is 13.2 Å². The molecule has 1 saturated heterocycles. The first-order chi connectivity index (χ1) is 8.63. The van der Waals surface area contributed by atoms with Crippen LogP contribution in [0.5, 0.6) is 0 Å². The summed E-state index contributed by atoms with van der Waals surface area (Å²) in [6.07, 6.45) is 3.56. The van der Waals surface area contributed by atoms with Gasteiger partial charge in [0.25, 0.3) is 5.56 Å². The summed E-state index contributed by atoms with van der Waals surface area (Å²) in [4.78, 5) is 19.5. The first-order valence-electron chi connectivity index (χ1n) is 6.51. The molecular weight excluding hydrogens is 232 g/mol. The molecule has 1 aromatic heterocycles. The van der Waals surface area contributed by atoms with Crippen LogP contribution in [0.2, 0.25) is 0 Å². The summed E-state index contributed by atoms with van der Waals surface area (Å²) < 4.78 is 11.6. The summed E-state index contributed by atoms with van der Waals surface area (Å²) in [6, 6.07) is 0. The Bertz CT molecular complexity index is 568. The van der Waals surface area contributed by atoms with Crippen molar-refractivity contribution < 1.29 is 9.47 Å². The second kappa shape index (κ2) is 3.22. The minimum atomic E-state index is -0.562. The van der Waals surface area contributed by atoms with Crippen LogP contribution in [0, 0.1) is 6.92 Å². The van der Waals surface area contributed by atoms with E-state index in [1.807, 2.05) is 6.92 Å². The third-order valence-corrected chi connectivity index (χ3v) is 4.36. The van der Waals surface area contributed by atoms with Crippen LogP contribution < -0.4 is 5.56 Å². The van der Waals surface area contributed by atoms with Gasteiger partial charge in [0.2, 0.25) is 0 Å². The fourth-order valence-corrected chi connectivity index (χ4v) is 3.41.